The Morgan fingerprint density at radius 1 is 0.966 bits per heavy atom. The minimum atomic E-state index is -0.889. The minimum absolute atomic E-state index is 0.0475. The van der Waals surface area contributed by atoms with E-state index in [0.29, 0.717) is 6.61 Å². The molecule has 29 heavy (non-hydrogen) atoms. The average Bonchev–Trinajstić information content (AvgIpc) is 2.78. The second-order valence-electron chi connectivity index (χ2n) is 8.31. The van der Waals surface area contributed by atoms with Crippen LogP contribution in [-0.2, 0) is 5.60 Å². The number of piperidine rings is 1. The molecule has 1 aliphatic heterocycles. The molecule has 0 radical (unpaired) electrons. The molecule has 1 heterocycles. The summed E-state index contributed by atoms with van der Waals surface area (Å²) in [6.07, 6.45) is 6.70. The van der Waals surface area contributed by atoms with Gasteiger partial charge in [-0.15, -0.1) is 0 Å². The fourth-order valence-corrected chi connectivity index (χ4v) is 4.59. The van der Waals surface area contributed by atoms with Crippen molar-refractivity contribution in [3.8, 4) is 5.75 Å². The molecule has 0 aliphatic carbocycles. The Morgan fingerprint density at radius 2 is 1.66 bits per heavy atom. The summed E-state index contributed by atoms with van der Waals surface area (Å²) in [7, 11) is 0. The van der Waals surface area contributed by atoms with Crippen molar-refractivity contribution in [3.63, 3.8) is 0 Å². The number of hydrogen-bond acceptors (Lipinski definition) is 3. The van der Waals surface area contributed by atoms with Gasteiger partial charge in [0.05, 0.1) is 12.2 Å². The van der Waals surface area contributed by atoms with Gasteiger partial charge in [-0.3, -0.25) is 0 Å². The van der Waals surface area contributed by atoms with E-state index in [1.165, 1.54) is 24.8 Å². The van der Waals surface area contributed by atoms with Crippen molar-refractivity contribution >= 4 is 0 Å². The maximum atomic E-state index is 12.2. The summed E-state index contributed by atoms with van der Waals surface area (Å²) >= 11 is 0. The SMILES string of the molecule is CCCC[C@](O)(c1ccc(OCC)cc1)[C@@H](CN1CCCCC1)c1ccccc1. The molecule has 2 aromatic carbocycles. The van der Waals surface area contributed by atoms with Crippen molar-refractivity contribution in [1.82, 2.24) is 4.90 Å². The van der Waals surface area contributed by atoms with E-state index in [-0.39, 0.29) is 5.92 Å². The van der Waals surface area contributed by atoms with Crippen molar-refractivity contribution in [2.24, 2.45) is 0 Å². The van der Waals surface area contributed by atoms with Crippen molar-refractivity contribution in [1.29, 1.82) is 0 Å². The van der Waals surface area contributed by atoms with Crippen LogP contribution in [0.1, 0.15) is 69.4 Å². The fourth-order valence-electron chi connectivity index (χ4n) is 4.59. The van der Waals surface area contributed by atoms with E-state index in [1.54, 1.807) is 0 Å². The molecule has 158 valence electrons. The quantitative estimate of drug-likeness (QED) is 0.557. The van der Waals surface area contributed by atoms with E-state index in [2.05, 4.69) is 54.3 Å². The molecule has 1 fully saturated rings. The van der Waals surface area contributed by atoms with E-state index in [0.717, 1.165) is 50.2 Å². The van der Waals surface area contributed by atoms with Crippen LogP contribution in [0.3, 0.4) is 0 Å². The van der Waals surface area contributed by atoms with Gasteiger partial charge in [0.1, 0.15) is 5.75 Å². The molecule has 0 amide bonds. The number of likely N-dealkylation sites (tertiary alicyclic amines) is 1. The maximum absolute atomic E-state index is 12.2. The number of hydrogen-bond donors (Lipinski definition) is 1. The molecule has 2 atom stereocenters. The molecular weight excluding hydrogens is 358 g/mol. The summed E-state index contributed by atoms with van der Waals surface area (Å²) in [6.45, 7) is 8.02. The van der Waals surface area contributed by atoms with Gasteiger partial charge in [-0.1, -0.05) is 68.7 Å². The second-order valence-corrected chi connectivity index (χ2v) is 8.31. The Hall–Kier alpha value is -1.84. The Balaban J connectivity index is 1.97. The zero-order chi connectivity index (χ0) is 20.5. The van der Waals surface area contributed by atoms with Crippen LogP contribution in [0.5, 0.6) is 5.75 Å². The van der Waals surface area contributed by atoms with Gasteiger partial charge in [0, 0.05) is 12.5 Å². The summed E-state index contributed by atoms with van der Waals surface area (Å²) < 4.78 is 5.63. The first-order chi connectivity index (χ1) is 14.2. The van der Waals surface area contributed by atoms with E-state index in [4.69, 9.17) is 4.74 Å². The molecule has 3 heteroatoms. The highest BCUT2D eigenvalue weighted by atomic mass is 16.5. The lowest BCUT2D eigenvalue weighted by atomic mass is 9.74. The van der Waals surface area contributed by atoms with Gasteiger partial charge in [-0.25, -0.2) is 0 Å². The lowest BCUT2D eigenvalue weighted by Gasteiger charge is -2.41. The summed E-state index contributed by atoms with van der Waals surface area (Å²) in [5.41, 5.74) is 1.34. The average molecular weight is 396 g/mol. The number of benzene rings is 2. The Labute approximate surface area is 176 Å². The standard InChI is InChI=1S/C26H37NO2/c1-3-5-18-26(28,23-14-16-24(17-15-23)29-4-2)25(22-12-8-6-9-13-22)21-27-19-10-7-11-20-27/h6,8-9,12-17,25,28H,3-5,7,10-11,18-21H2,1-2H3/t25-,26-/m0/s1. The molecule has 0 unspecified atom stereocenters. The van der Waals surface area contributed by atoms with Crippen LogP contribution >= 0.6 is 0 Å². The van der Waals surface area contributed by atoms with E-state index >= 15 is 0 Å². The predicted molar refractivity (Wildman–Crippen MR) is 121 cm³/mol. The van der Waals surface area contributed by atoms with Crippen molar-refractivity contribution < 1.29 is 9.84 Å². The number of aliphatic hydroxyl groups is 1. The van der Waals surface area contributed by atoms with Crippen molar-refractivity contribution in [3.05, 3.63) is 65.7 Å². The first-order valence-electron chi connectivity index (χ1n) is 11.4. The Morgan fingerprint density at radius 3 is 2.28 bits per heavy atom. The number of nitrogens with zero attached hydrogens (tertiary/aromatic N) is 1. The molecule has 0 spiro atoms. The summed E-state index contributed by atoms with van der Waals surface area (Å²) in [5.74, 6) is 0.910. The number of unbranched alkanes of at least 4 members (excludes halogenated alkanes) is 1. The van der Waals surface area contributed by atoms with E-state index < -0.39 is 5.60 Å². The zero-order valence-corrected chi connectivity index (χ0v) is 18.1. The predicted octanol–water partition coefficient (Wildman–Crippen LogP) is 5.73. The topological polar surface area (TPSA) is 32.7 Å². The number of rotatable bonds is 10. The lowest BCUT2D eigenvalue weighted by Crippen LogP contribution is -2.42. The molecular formula is C26H37NO2. The van der Waals surface area contributed by atoms with Gasteiger partial charge in [0.2, 0.25) is 0 Å². The highest BCUT2D eigenvalue weighted by molar-refractivity contribution is 5.35. The van der Waals surface area contributed by atoms with Crippen LogP contribution in [0, 0.1) is 0 Å². The summed E-state index contributed by atoms with van der Waals surface area (Å²) in [5, 5.41) is 12.2. The molecule has 1 saturated heterocycles. The largest absolute Gasteiger partial charge is 0.494 e. The van der Waals surface area contributed by atoms with Crippen LogP contribution in [0.4, 0.5) is 0 Å². The lowest BCUT2D eigenvalue weighted by molar-refractivity contribution is -0.0164. The molecule has 0 saturated carbocycles. The van der Waals surface area contributed by atoms with Crippen LogP contribution in [0.2, 0.25) is 0 Å². The first kappa shape index (κ1) is 21.9. The van der Waals surface area contributed by atoms with Crippen LogP contribution in [0.15, 0.2) is 54.6 Å². The first-order valence-corrected chi connectivity index (χ1v) is 11.4. The third-order valence-electron chi connectivity index (χ3n) is 6.24. The molecule has 3 rings (SSSR count). The van der Waals surface area contributed by atoms with Crippen molar-refractivity contribution in [2.75, 3.05) is 26.2 Å². The Kier molecular flexibility index (Phi) is 8.14. The van der Waals surface area contributed by atoms with Gasteiger partial charge in [0.25, 0.3) is 0 Å². The third-order valence-corrected chi connectivity index (χ3v) is 6.24. The normalized spacial score (nSPS) is 18.2. The third kappa shape index (κ3) is 5.61. The fraction of sp³-hybridized carbons (Fsp3) is 0.538. The van der Waals surface area contributed by atoms with Gasteiger partial charge < -0.3 is 14.7 Å². The Bertz CT molecular complexity index is 709. The zero-order valence-electron chi connectivity index (χ0n) is 18.1. The minimum Gasteiger partial charge on any atom is -0.494 e. The second kappa shape index (κ2) is 10.8. The van der Waals surface area contributed by atoms with Gasteiger partial charge in [-0.2, -0.15) is 0 Å². The smallest absolute Gasteiger partial charge is 0.119 e. The van der Waals surface area contributed by atoms with Crippen LogP contribution in [-0.4, -0.2) is 36.2 Å². The highest BCUT2D eigenvalue weighted by Gasteiger charge is 2.40. The van der Waals surface area contributed by atoms with E-state index in [9.17, 15) is 5.11 Å². The maximum Gasteiger partial charge on any atom is 0.119 e. The molecule has 2 aromatic rings. The van der Waals surface area contributed by atoms with Gasteiger partial charge >= 0.3 is 0 Å². The molecule has 3 nitrogen and oxygen atoms in total. The van der Waals surface area contributed by atoms with E-state index in [1.807, 2.05) is 19.1 Å². The summed E-state index contributed by atoms with van der Waals surface area (Å²) in [4.78, 5) is 2.55. The van der Waals surface area contributed by atoms with Gasteiger partial charge in [-0.05, 0) is 62.5 Å². The monoisotopic (exact) mass is 395 g/mol. The molecule has 1 N–H and O–H groups in total. The highest BCUT2D eigenvalue weighted by Crippen LogP contribution is 2.42. The van der Waals surface area contributed by atoms with Crippen LogP contribution in [0.25, 0.3) is 0 Å². The molecule has 0 aromatic heterocycles. The molecule has 0 bridgehead atoms. The van der Waals surface area contributed by atoms with Crippen molar-refractivity contribution in [2.45, 2.75) is 63.9 Å². The molecule has 1 aliphatic rings. The number of ether oxygens (including phenoxy) is 1. The summed E-state index contributed by atoms with van der Waals surface area (Å²) in [6, 6.07) is 18.7. The van der Waals surface area contributed by atoms with Gasteiger partial charge in [0.15, 0.2) is 0 Å². The van der Waals surface area contributed by atoms with Crippen LogP contribution < -0.4 is 4.74 Å².